The standard InChI is InChI=1S/C8H18N2.H3N/c1-4-10-6-5-9-7-8(10,2)3;/h9H,4-7H2,1-3H3;1H3. The quantitative estimate of drug-likeness (QED) is 0.596. The van der Waals surface area contributed by atoms with E-state index in [-0.39, 0.29) is 6.15 Å². The number of piperazine rings is 1. The number of likely N-dealkylation sites (N-methyl/N-ethyl adjacent to an activating group) is 1. The molecular formula is C8H21N3. The topological polar surface area (TPSA) is 50.3 Å². The Labute approximate surface area is 69.7 Å². The van der Waals surface area contributed by atoms with Gasteiger partial charge in [-0.1, -0.05) is 6.92 Å². The van der Waals surface area contributed by atoms with E-state index in [9.17, 15) is 0 Å². The number of rotatable bonds is 1. The van der Waals surface area contributed by atoms with Gasteiger partial charge in [0.25, 0.3) is 0 Å². The van der Waals surface area contributed by atoms with Crippen molar-refractivity contribution in [3.05, 3.63) is 0 Å². The summed E-state index contributed by atoms with van der Waals surface area (Å²) in [5.74, 6) is 0. The van der Waals surface area contributed by atoms with Crippen molar-refractivity contribution >= 4 is 0 Å². The van der Waals surface area contributed by atoms with Gasteiger partial charge in [-0.05, 0) is 20.4 Å². The highest BCUT2D eigenvalue weighted by atomic mass is 15.2. The molecule has 3 nitrogen and oxygen atoms in total. The fourth-order valence-corrected chi connectivity index (χ4v) is 1.61. The third-order valence-electron chi connectivity index (χ3n) is 2.35. The lowest BCUT2D eigenvalue weighted by Gasteiger charge is -2.42. The van der Waals surface area contributed by atoms with E-state index in [0.29, 0.717) is 5.54 Å². The molecule has 0 atom stereocenters. The number of hydrogen-bond acceptors (Lipinski definition) is 3. The van der Waals surface area contributed by atoms with Crippen molar-refractivity contribution in [1.29, 1.82) is 0 Å². The molecule has 0 aromatic heterocycles. The Kier molecular flexibility index (Phi) is 4.00. The molecule has 0 spiro atoms. The fourth-order valence-electron chi connectivity index (χ4n) is 1.61. The first-order valence-corrected chi connectivity index (χ1v) is 4.12. The summed E-state index contributed by atoms with van der Waals surface area (Å²) in [5.41, 5.74) is 0.368. The molecule has 0 bridgehead atoms. The van der Waals surface area contributed by atoms with Crippen molar-refractivity contribution < 1.29 is 0 Å². The van der Waals surface area contributed by atoms with Gasteiger partial charge < -0.3 is 11.5 Å². The third-order valence-corrected chi connectivity index (χ3v) is 2.35. The molecule has 0 unspecified atom stereocenters. The molecular weight excluding hydrogens is 138 g/mol. The predicted molar refractivity (Wildman–Crippen MR) is 49.2 cm³/mol. The molecule has 1 aliphatic heterocycles. The minimum Gasteiger partial charge on any atom is -0.344 e. The Morgan fingerprint density at radius 3 is 2.45 bits per heavy atom. The van der Waals surface area contributed by atoms with Gasteiger partial charge in [0, 0.05) is 25.2 Å². The van der Waals surface area contributed by atoms with Crippen molar-refractivity contribution in [3.8, 4) is 0 Å². The Balaban J connectivity index is 0.000001000. The van der Waals surface area contributed by atoms with Crippen LogP contribution in [0.15, 0.2) is 0 Å². The van der Waals surface area contributed by atoms with E-state index in [2.05, 4.69) is 31.0 Å². The van der Waals surface area contributed by atoms with Crippen LogP contribution >= 0.6 is 0 Å². The summed E-state index contributed by atoms with van der Waals surface area (Å²) in [5, 5.41) is 3.40. The zero-order chi connectivity index (χ0) is 7.61. The van der Waals surface area contributed by atoms with Crippen molar-refractivity contribution in [2.75, 3.05) is 26.2 Å². The van der Waals surface area contributed by atoms with Crippen LogP contribution in [0.1, 0.15) is 20.8 Å². The highest BCUT2D eigenvalue weighted by molar-refractivity contribution is 4.87. The van der Waals surface area contributed by atoms with Gasteiger partial charge in [0.15, 0.2) is 0 Å². The summed E-state index contributed by atoms with van der Waals surface area (Å²) in [4.78, 5) is 2.52. The van der Waals surface area contributed by atoms with Gasteiger partial charge in [-0.3, -0.25) is 4.90 Å². The molecule has 4 N–H and O–H groups in total. The zero-order valence-corrected chi connectivity index (χ0v) is 7.98. The molecule has 0 radical (unpaired) electrons. The summed E-state index contributed by atoms with van der Waals surface area (Å²) >= 11 is 0. The summed E-state index contributed by atoms with van der Waals surface area (Å²) in [7, 11) is 0. The molecule has 1 heterocycles. The average Bonchev–Trinajstić information content (AvgIpc) is 1.87. The third kappa shape index (κ3) is 2.43. The normalized spacial score (nSPS) is 24.3. The predicted octanol–water partition coefficient (Wildman–Crippen LogP) is 0.852. The SMILES string of the molecule is CCN1CCNCC1(C)C.N. The van der Waals surface area contributed by atoms with Crippen molar-refractivity contribution in [2.24, 2.45) is 0 Å². The lowest BCUT2D eigenvalue weighted by molar-refractivity contribution is 0.0974. The van der Waals surface area contributed by atoms with Gasteiger partial charge in [-0.15, -0.1) is 0 Å². The molecule has 0 aromatic rings. The van der Waals surface area contributed by atoms with Crippen LogP contribution in [-0.2, 0) is 0 Å². The van der Waals surface area contributed by atoms with E-state index >= 15 is 0 Å². The van der Waals surface area contributed by atoms with Gasteiger partial charge in [0.05, 0.1) is 0 Å². The maximum absolute atomic E-state index is 3.40. The molecule has 0 aromatic carbocycles. The van der Waals surface area contributed by atoms with Gasteiger partial charge in [0.1, 0.15) is 0 Å². The summed E-state index contributed by atoms with van der Waals surface area (Å²) in [6, 6.07) is 0. The molecule has 3 heteroatoms. The summed E-state index contributed by atoms with van der Waals surface area (Å²) in [6.07, 6.45) is 0. The molecule has 1 saturated heterocycles. The van der Waals surface area contributed by atoms with Crippen LogP contribution in [0.5, 0.6) is 0 Å². The molecule has 0 aliphatic carbocycles. The van der Waals surface area contributed by atoms with Gasteiger partial charge in [0.2, 0.25) is 0 Å². The highest BCUT2D eigenvalue weighted by Crippen LogP contribution is 2.14. The number of nitrogens with one attached hydrogen (secondary N) is 1. The van der Waals surface area contributed by atoms with Gasteiger partial charge in [-0.2, -0.15) is 0 Å². The van der Waals surface area contributed by atoms with Crippen LogP contribution in [-0.4, -0.2) is 36.6 Å². The Hall–Kier alpha value is -0.120. The lowest BCUT2D eigenvalue weighted by Crippen LogP contribution is -2.57. The van der Waals surface area contributed by atoms with Gasteiger partial charge >= 0.3 is 0 Å². The largest absolute Gasteiger partial charge is 0.344 e. The van der Waals surface area contributed by atoms with E-state index < -0.39 is 0 Å². The van der Waals surface area contributed by atoms with Crippen molar-refractivity contribution in [3.63, 3.8) is 0 Å². The molecule has 0 amide bonds. The van der Waals surface area contributed by atoms with Crippen LogP contribution in [0.25, 0.3) is 0 Å². The first kappa shape index (κ1) is 10.9. The number of nitrogens with zero attached hydrogens (tertiary/aromatic N) is 1. The Bertz CT molecular complexity index is 112. The maximum atomic E-state index is 3.40. The molecule has 11 heavy (non-hydrogen) atoms. The number of hydrogen-bond donors (Lipinski definition) is 2. The second kappa shape index (κ2) is 4.04. The van der Waals surface area contributed by atoms with Crippen LogP contribution in [0, 0.1) is 0 Å². The summed E-state index contributed by atoms with van der Waals surface area (Å²) in [6.45, 7) is 11.5. The summed E-state index contributed by atoms with van der Waals surface area (Å²) < 4.78 is 0. The van der Waals surface area contributed by atoms with Crippen LogP contribution in [0.4, 0.5) is 0 Å². The fraction of sp³-hybridized carbons (Fsp3) is 1.00. The van der Waals surface area contributed by atoms with E-state index in [1.807, 2.05) is 0 Å². The molecule has 1 aliphatic rings. The van der Waals surface area contributed by atoms with E-state index in [4.69, 9.17) is 0 Å². The van der Waals surface area contributed by atoms with Crippen LogP contribution < -0.4 is 11.5 Å². The van der Waals surface area contributed by atoms with Crippen molar-refractivity contribution in [2.45, 2.75) is 26.3 Å². The molecule has 1 fully saturated rings. The van der Waals surface area contributed by atoms with Crippen molar-refractivity contribution in [1.82, 2.24) is 16.4 Å². The monoisotopic (exact) mass is 159 g/mol. The average molecular weight is 159 g/mol. The van der Waals surface area contributed by atoms with Crippen LogP contribution in [0.3, 0.4) is 0 Å². The second-order valence-corrected chi connectivity index (χ2v) is 3.57. The van der Waals surface area contributed by atoms with E-state index in [1.54, 1.807) is 0 Å². The van der Waals surface area contributed by atoms with Crippen LogP contribution in [0.2, 0.25) is 0 Å². The first-order valence-electron chi connectivity index (χ1n) is 4.12. The lowest BCUT2D eigenvalue weighted by atomic mass is 10.0. The van der Waals surface area contributed by atoms with E-state index in [0.717, 1.165) is 13.1 Å². The molecule has 68 valence electrons. The minimum absolute atomic E-state index is 0. The van der Waals surface area contributed by atoms with Gasteiger partial charge in [-0.25, -0.2) is 0 Å². The molecule has 0 saturated carbocycles. The maximum Gasteiger partial charge on any atom is 0.0278 e. The smallest absolute Gasteiger partial charge is 0.0278 e. The highest BCUT2D eigenvalue weighted by Gasteiger charge is 2.27. The zero-order valence-electron chi connectivity index (χ0n) is 7.98. The Morgan fingerprint density at radius 1 is 1.45 bits per heavy atom. The van der Waals surface area contributed by atoms with E-state index in [1.165, 1.54) is 13.1 Å². The minimum atomic E-state index is 0. The second-order valence-electron chi connectivity index (χ2n) is 3.57. The molecule has 1 rings (SSSR count). The Morgan fingerprint density at radius 2 is 2.09 bits per heavy atom. The first-order chi connectivity index (χ1) is 4.67.